The highest BCUT2D eigenvalue weighted by Crippen LogP contribution is 2.35. The quantitative estimate of drug-likeness (QED) is 0.143. The number of halogens is 1. The lowest BCUT2D eigenvalue weighted by Crippen LogP contribution is -2.49. The van der Waals surface area contributed by atoms with E-state index < -0.39 is 21.7 Å². The number of hydrogen-bond acceptors (Lipinski definition) is 12. The summed E-state index contributed by atoms with van der Waals surface area (Å²) in [7, 11) is -2.21. The zero-order valence-corrected chi connectivity index (χ0v) is 33.8. The Labute approximate surface area is 343 Å². The van der Waals surface area contributed by atoms with Gasteiger partial charge in [-0.1, -0.05) is 18.2 Å². The Balaban J connectivity index is 0.857. The van der Waals surface area contributed by atoms with Crippen molar-refractivity contribution in [1.82, 2.24) is 49.8 Å². The Morgan fingerprint density at radius 3 is 2.57 bits per heavy atom. The number of rotatable bonds is 11. The van der Waals surface area contributed by atoms with Gasteiger partial charge in [-0.2, -0.15) is 19.7 Å². The van der Waals surface area contributed by atoms with Crippen LogP contribution in [-0.2, 0) is 28.2 Å². The molecule has 0 aliphatic carbocycles. The summed E-state index contributed by atoms with van der Waals surface area (Å²) in [5.74, 6) is 0.212. The zero-order valence-electron chi connectivity index (χ0n) is 33.0. The van der Waals surface area contributed by atoms with E-state index in [1.807, 2.05) is 33.0 Å². The number of urea groups is 1. The summed E-state index contributed by atoms with van der Waals surface area (Å²) in [6.07, 6.45) is 6.61. The van der Waals surface area contributed by atoms with Crippen molar-refractivity contribution < 1.29 is 27.1 Å². The van der Waals surface area contributed by atoms with Crippen LogP contribution in [0.25, 0.3) is 27.8 Å². The molecule has 308 valence electrons. The molecule has 0 bridgehead atoms. The second-order valence-corrected chi connectivity index (χ2v) is 17.2. The molecule has 19 heteroatoms. The van der Waals surface area contributed by atoms with Crippen LogP contribution in [0.5, 0.6) is 5.75 Å². The Kier molecular flexibility index (Phi) is 9.99. The summed E-state index contributed by atoms with van der Waals surface area (Å²) >= 11 is 0. The molecule has 7 aromatic rings. The van der Waals surface area contributed by atoms with Crippen molar-refractivity contribution in [3.8, 4) is 17.0 Å². The molecule has 2 aliphatic heterocycles. The molecule has 0 unspecified atom stereocenters. The van der Waals surface area contributed by atoms with E-state index in [4.69, 9.17) is 4.74 Å². The van der Waals surface area contributed by atoms with E-state index >= 15 is 4.39 Å². The van der Waals surface area contributed by atoms with Crippen LogP contribution in [0.15, 0.2) is 89.2 Å². The first kappa shape index (κ1) is 38.8. The number of anilines is 3. The van der Waals surface area contributed by atoms with Crippen LogP contribution < -0.4 is 20.3 Å². The molecule has 17 nitrogen and oxygen atoms in total. The van der Waals surface area contributed by atoms with Gasteiger partial charge >= 0.3 is 6.03 Å². The number of H-pyrrole nitrogens is 1. The summed E-state index contributed by atoms with van der Waals surface area (Å²) in [6.45, 7) is 6.22. The third kappa shape index (κ3) is 7.41. The standard InChI is InChI=1S/C41H41FN12O5S/c1-24(2)59-37-36(28-20-44-45-21-28)43-23-54-39(37)48-40(50-54)46-33-10-8-30(19-32(33)42)60(57,58)29-6-4-5-25(17-29)22-52-14-11-26(12-15-52)27-7-9-31-34(18-27)51(3)49-38(31)53-16-13-35(55)47-41(53)56/h4-10,17-21,23-24,26H,11-16,22H2,1-3H3,(H,44,45)(H,46,50)(H,47,55,56). The van der Waals surface area contributed by atoms with E-state index in [2.05, 4.69) is 58.0 Å². The molecule has 2 saturated heterocycles. The van der Waals surface area contributed by atoms with Crippen LogP contribution in [0.4, 0.5) is 26.6 Å². The monoisotopic (exact) mass is 832 g/mol. The Morgan fingerprint density at radius 1 is 1.00 bits per heavy atom. The van der Waals surface area contributed by atoms with Gasteiger partial charge < -0.3 is 10.1 Å². The van der Waals surface area contributed by atoms with Crippen LogP contribution in [0.3, 0.4) is 0 Å². The average molecular weight is 833 g/mol. The van der Waals surface area contributed by atoms with E-state index in [0.29, 0.717) is 40.9 Å². The van der Waals surface area contributed by atoms with Crippen molar-refractivity contribution in [2.45, 2.75) is 61.5 Å². The number of piperidine rings is 1. The van der Waals surface area contributed by atoms with Crippen LogP contribution in [0.2, 0.25) is 0 Å². The fourth-order valence-corrected chi connectivity index (χ4v) is 9.15. The molecule has 60 heavy (non-hydrogen) atoms. The molecule has 3 N–H and O–H groups in total. The van der Waals surface area contributed by atoms with Crippen molar-refractivity contribution in [3.05, 3.63) is 96.3 Å². The largest absolute Gasteiger partial charge is 0.485 e. The number of benzene rings is 3. The van der Waals surface area contributed by atoms with Gasteiger partial charge in [-0.3, -0.25) is 29.7 Å². The van der Waals surface area contributed by atoms with Gasteiger partial charge in [0.2, 0.25) is 27.3 Å². The number of carbonyl (C=O) groups is 2. The van der Waals surface area contributed by atoms with Gasteiger partial charge in [-0.25, -0.2) is 22.6 Å². The van der Waals surface area contributed by atoms with Crippen molar-refractivity contribution >= 4 is 55.8 Å². The maximum atomic E-state index is 15.6. The van der Waals surface area contributed by atoms with Gasteiger partial charge in [0.1, 0.15) is 17.8 Å². The molecule has 6 heterocycles. The second kappa shape index (κ2) is 15.5. The van der Waals surface area contributed by atoms with Gasteiger partial charge in [-0.05, 0) is 99.3 Å². The molecule has 0 atom stereocenters. The summed E-state index contributed by atoms with van der Waals surface area (Å²) in [5, 5.41) is 21.8. The Bertz CT molecular complexity index is 2890. The van der Waals surface area contributed by atoms with Crippen molar-refractivity contribution in [2.75, 3.05) is 29.9 Å². The number of likely N-dealkylation sites (tertiary alicyclic amines) is 1. The Hall–Kier alpha value is -6.73. The third-order valence-electron chi connectivity index (χ3n) is 10.8. The number of imide groups is 1. The van der Waals surface area contributed by atoms with Crippen LogP contribution in [0.1, 0.15) is 50.2 Å². The number of ether oxygens (including phenoxy) is 1. The summed E-state index contributed by atoms with van der Waals surface area (Å²) < 4.78 is 52.5. The zero-order chi connectivity index (χ0) is 41.7. The highest BCUT2D eigenvalue weighted by Gasteiger charge is 2.29. The first-order valence-electron chi connectivity index (χ1n) is 19.5. The molecular weight excluding hydrogens is 792 g/mol. The topological polar surface area (TPSA) is 198 Å². The number of aryl methyl sites for hydroxylation is 1. The molecule has 3 amide bonds. The fraction of sp³-hybridized carbons (Fsp3) is 0.293. The number of aromatic amines is 1. The van der Waals surface area contributed by atoms with Crippen LogP contribution >= 0.6 is 0 Å². The molecule has 2 fully saturated rings. The first-order valence-corrected chi connectivity index (χ1v) is 21.0. The van der Waals surface area contributed by atoms with Gasteiger partial charge in [0.25, 0.3) is 0 Å². The number of carbonyl (C=O) groups excluding carboxylic acids is 2. The highest BCUT2D eigenvalue weighted by atomic mass is 32.2. The van der Waals surface area contributed by atoms with Gasteiger partial charge in [0.05, 0.1) is 33.3 Å². The predicted molar refractivity (Wildman–Crippen MR) is 219 cm³/mol. The molecule has 3 aromatic carbocycles. The maximum Gasteiger partial charge on any atom is 0.329 e. The average Bonchev–Trinajstić information content (AvgIpc) is 3.99. The lowest BCUT2D eigenvalue weighted by atomic mass is 9.89. The van der Waals surface area contributed by atoms with Crippen molar-refractivity contribution in [3.63, 3.8) is 0 Å². The third-order valence-corrected chi connectivity index (χ3v) is 12.6. The minimum Gasteiger partial charge on any atom is -0.485 e. The molecule has 0 saturated carbocycles. The van der Waals surface area contributed by atoms with Crippen LogP contribution in [0, 0.1) is 5.82 Å². The molecule has 4 aromatic heterocycles. The molecule has 9 rings (SSSR count). The molecule has 2 aliphatic rings. The SMILES string of the molecule is CC(C)Oc1c(-c2cn[nH]c2)ncn2nc(Nc3ccc(S(=O)(=O)c4cccc(CN5CCC(c6ccc7c(N8CCC(=O)NC8=O)nn(C)c7c6)CC5)c4)cc3F)nc12. The van der Waals surface area contributed by atoms with E-state index in [1.165, 1.54) is 39.5 Å². The number of nitrogens with zero attached hydrogens (tertiary/aromatic N) is 9. The summed E-state index contributed by atoms with van der Waals surface area (Å²) in [6, 6.07) is 16.2. The maximum absolute atomic E-state index is 15.6. The fourth-order valence-electron chi connectivity index (χ4n) is 7.81. The second-order valence-electron chi connectivity index (χ2n) is 15.2. The van der Waals surface area contributed by atoms with E-state index in [9.17, 15) is 18.0 Å². The van der Waals surface area contributed by atoms with Gasteiger partial charge in [0, 0.05) is 43.7 Å². The number of hydrogen-bond donors (Lipinski definition) is 3. The van der Waals surface area contributed by atoms with Crippen molar-refractivity contribution in [2.24, 2.45) is 7.05 Å². The number of sulfone groups is 1. The minimum atomic E-state index is -4.06. The number of fused-ring (bicyclic) bond motifs is 2. The summed E-state index contributed by atoms with van der Waals surface area (Å²) in [4.78, 5) is 36.9. The molecule has 0 spiro atoms. The Morgan fingerprint density at radius 2 is 1.82 bits per heavy atom. The molecule has 0 radical (unpaired) electrons. The summed E-state index contributed by atoms with van der Waals surface area (Å²) in [5.41, 5.74) is 4.49. The minimum absolute atomic E-state index is 0.00780. The van der Waals surface area contributed by atoms with Gasteiger partial charge in [-0.15, -0.1) is 5.10 Å². The predicted octanol–water partition coefficient (Wildman–Crippen LogP) is 5.73. The van der Waals surface area contributed by atoms with E-state index in [0.717, 1.165) is 48.5 Å². The molecular formula is C41H41FN12O5S. The normalized spacial score (nSPS) is 15.7. The van der Waals surface area contributed by atoms with Crippen LogP contribution in [-0.4, -0.2) is 90.6 Å². The number of amides is 3. The lowest BCUT2D eigenvalue weighted by Gasteiger charge is -2.32. The first-order chi connectivity index (χ1) is 28.9. The van der Waals surface area contributed by atoms with Crippen molar-refractivity contribution in [1.29, 1.82) is 0 Å². The lowest BCUT2D eigenvalue weighted by molar-refractivity contribution is -0.120. The smallest absolute Gasteiger partial charge is 0.329 e. The van der Waals surface area contributed by atoms with E-state index in [-0.39, 0.29) is 46.4 Å². The van der Waals surface area contributed by atoms with Gasteiger partial charge in [0.15, 0.2) is 11.6 Å². The number of aromatic nitrogens is 8. The van der Waals surface area contributed by atoms with E-state index in [1.54, 1.807) is 29.2 Å². The highest BCUT2D eigenvalue weighted by molar-refractivity contribution is 7.91. The number of nitrogens with one attached hydrogen (secondary N) is 3.